The summed E-state index contributed by atoms with van der Waals surface area (Å²) in [6, 6.07) is 0. The molecule has 0 spiro atoms. The number of aliphatic hydroxyl groups excluding tert-OH is 1. The van der Waals surface area contributed by atoms with Crippen molar-refractivity contribution in [3.8, 4) is 0 Å². The molecule has 2 heterocycles. The van der Waals surface area contributed by atoms with Crippen LogP contribution in [-0.4, -0.2) is 41.5 Å². The van der Waals surface area contributed by atoms with Crippen molar-refractivity contribution in [3.63, 3.8) is 0 Å². The average molecular weight is 209 g/mol. The second-order valence-electron chi connectivity index (χ2n) is 2.66. The molecule has 2 aliphatic rings. The summed E-state index contributed by atoms with van der Waals surface area (Å²) in [6.07, 6.45) is -0.123. The van der Waals surface area contributed by atoms with Gasteiger partial charge in [0.25, 0.3) is 0 Å². The maximum Gasteiger partial charge on any atom is 0.113 e. The number of hydrogen-bond acceptors (Lipinski definition) is 3. The minimum atomic E-state index is -0.400. The van der Waals surface area contributed by atoms with Gasteiger partial charge in [0, 0.05) is 5.33 Å². The van der Waals surface area contributed by atoms with Gasteiger partial charge in [-0.1, -0.05) is 15.9 Å². The van der Waals surface area contributed by atoms with Crippen molar-refractivity contribution >= 4 is 15.9 Å². The molecule has 3 nitrogen and oxygen atoms in total. The molecule has 0 bridgehead atoms. The molecule has 58 valence electrons. The summed E-state index contributed by atoms with van der Waals surface area (Å²) < 4.78 is 10.1. The van der Waals surface area contributed by atoms with Gasteiger partial charge in [-0.05, 0) is 0 Å². The lowest BCUT2D eigenvalue weighted by Crippen LogP contribution is -2.23. The van der Waals surface area contributed by atoms with Gasteiger partial charge in [0.2, 0.25) is 0 Å². The lowest BCUT2D eigenvalue weighted by molar-refractivity contribution is 0.103. The Balaban J connectivity index is 1.78. The van der Waals surface area contributed by atoms with E-state index in [0.717, 1.165) is 5.33 Å². The van der Waals surface area contributed by atoms with E-state index in [1.54, 1.807) is 0 Å². The van der Waals surface area contributed by atoms with Gasteiger partial charge in [-0.15, -0.1) is 0 Å². The standard InChI is InChI=1S/C6H9BrO3/c7-1-3-6(10-3)5(8)4-2-9-4/h3-6,8H,1-2H2. The van der Waals surface area contributed by atoms with Crippen LogP contribution in [0.5, 0.6) is 0 Å². The molecule has 4 atom stereocenters. The van der Waals surface area contributed by atoms with E-state index in [9.17, 15) is 5.11 Å². The summed E-state index contributed by atoms with van der Waals surface area (Å²) in [5, 5.41) is 10.2. The minimum absolute atomic E-state index is 0.0203. The average Bonchev–Trinajstić information content (AvgIpc) is 2.83. The molecular formula is C6H9BrO3. The van der Waals surface area contributed by atoms with Gasteiger partial charge >= 0.3 is 0 Å². The zero-order valence-corrected chi connectivity index (χ0v) is 6.95. The molecule has 0 aromatic heterocycles. The number of rotatable bonds is 3. The van der Waals surface area contributed by atoms with E-state index in [1.165, 1.54) is 0 Å². The smallest absolute Gasteiger partial charge is 0.113 e. The Hall–Kier alpha value is 0.360. The molecule has 10 heavy (non-hydrogen) atoms. The summed E-state index contributed by atoms with van der Waals surface area (Å²) in [4.78, 5) is 0. The van der Waals surface area contributed by atoms with E-state index < -0.39 is 6.10 Å². The highest BCUT2D eigenvalue weighted by Gasteiger charge is 2.50. The molecule has 4 unspecified atom stereocenters. The number of alkyl halides is 1. The molecule has 2 aliphatic heterocycles. The monoisotopic (exact) mass is 208 g/mol. The Morgan fingerprint density at radius 3 is 2.80 bits per heavy atom. The van der Waals surface area contributed by atoms with E-state index in [0.29, 0.717) is 6.61 Å². The van der Waals surface area contributed by atoms with Crippen molar-refractivity contribution in [1.82, 2.24) is 0 Å². The minimum Gasteiger partial charge on any atom is -0.387 e. The van der Waals surface area contributed by atoms with E-state index in [2.05, 4.69) is 15.9 Å². The van der Waals surface area contributed by atoms with Crippen molar-refractivity contribution in [2.75, 3.05) is 11.9 Å². The topological polar surface area (TPSA) is 45.3 Å². The first-order valence-corrected chi connectivity index (χ1v) is 4.46. The van der Waals surface area contributed by atoms with Gasteiger partial charge in [0.15, 0.2) is 0 Å². The summed E-state index contributed by atoms with van der Waals surface area (Å²) in [5.41, 5.74) is 0. The second-order valence-corrected chi connectivity index (χ2v) is 3.30. The quantitative estimate of drug-likeness (QED) is 0.521. The fourth-order valence-electron chi connectivity index (χ4n) is 1.05. The van der Waals surface area contributed by atoms with Crippen LogP contribution in [-0.2, 0) is 9.47 Å². The number of hydrogen-bond donors (Lipinski definition) is 1. The van der Waals surface area contributed by atoms with Crippen molar-refractivity contribution in [3.05, 3.63) is 0 Å². The molecule has 0 saturated carbocycles. The SMILES string of the molecule is OC(C1CO1)C1OC1CBr. The van der Waals surface area contributed by atoms with Gasteiger partial charge in [0.1, 0.15) is 18.3 Å². The lowest BCUT2D eigenvalue weighted by atomic mass is 10.1. The van der Waals surface area contributed by atoms with Crippen LogP contribution < -0.4 is 0 Å². The van der Waals surface area contributed by atoms with Gasteiger partial charge in [-0.25, -0.2) is 0 Å². The van der Waals surface area contributed by atoms with Crippen molar-refractivity contribution in [1.29, 1.82) is 0 Å². The first-order valence-electron chi connectivity index (χ1n) is 3.34. The summed E-state index contributed by atoms with van der Waals surface area (Å²) in [5.74, 6) is 0. The maximum atomic E-state index is 9.36. The van der Waals surface area contributed by atoms with Crippen LogP contribution in [0.15, 0.2) is 0 Å². The molecule has 2 fully saturated rings. The maximum absolute atomic E-state index is 9.36. The van der Waals surface area contributed by atoms with Crippen LogP contribution in [0.4, 0.5) is 0 Å². The van der Waals surface area contributed by atoms with E-state index in [4.69, 9.17) is 9.47 Å². The van der Waals surface area contributed by atoms with Crippen molar-refractivity contribution in [2.24, 2.45) is 0 Å². The van der Waals surface area contributed by atoms with Crippen LogP contribution in [0.3, 0.4) is 0 Å². The largest absolute Gasteiger partial charge is 0.387 e. The fraction of sp³-hybridized carbons (Fsp3) is 1.00. The predicted octanol–water partition coefficient (Wildman–Crippen LogP) is -0.0916. The number of aliphatic hydroxyl groups is 1. The Morgan fingerprint density at radius 1 is 1.70 bits per heavy atom. The van der Waals surface area contributed by atoms with Gasteiger partial charge < -0.3 is 14.6 Å². The first kappa shape index (κ1) is 7.03. The highest BCUT2D eigenvalue weighted by Crippen LogP contribution is 2.32. The highest BCUT2D eigenvalue weighted by molar-refractivity contribution is 9.09. The van der Waals surface area contributed by atoms with Gasteiger partial charge in [0.05, 0.1) is 12.7 Å². The third-order valence-corrected chi connectivity index (χ3v) is 2.49. The van der Waals surface area contributed by atoms with Gasteiger partial charge in [-0.3, -0.25) is 0 Å². The molecule has 1 N–H and O–H groups in total. The predicted molar refractivity (Wildman–Crippen MR) is 38.2 cm³/mol. The molecule has 4 heteroatoms. The van der Waals surface area contributed by atoms with Crippen LogP contribution in [0.2, 0.25) is 0 Å². The van der Waals surface area contributed by atoms with Crippen LogP contribution in [0, 0.1) is 0 Å². The zero-order valence-electron chi connectivity index (χ0n) is 5.37. The molecule has 0 aromatic carbocycles. The van der Waals surface area contributed by atoms with Crippen LogP contribution >= 0.6 is 15.9 Å². The summed E-state index contributed by atoms with van der Waals surface area (Å²) >= 11 is 3.28. The number of halogens is 1. The fourth-order valence-corrected chi connectivity index (χ4v) is 1.57. The number of epoxide rings is 2. The third kappa shape index (κ3) is 1.21. The third-order valence-electron chi connectivity index (χ3n) is 1.85. The molecular weight excluding hydrogens is 200 g/mol. The normalized spacial score (nSPS) is 46.8. The molecule has 0 amide bonds. The van der Waals surface area contributed by atoms with Gasteiger partial charge in [-0.2, -0.15) is 0 Å². The highest BCUT2D eigenvalue weighted by atomic mass is 79.9. The Bertz CT molecular complexity index is 137. The Kier molecular flexibility index (Phi) is 1.72. The zero-order chi connectivity index (χ0) is 7.14. The first-order chi connectivity index (χ1) is 4.83. The Morgan fingerprint density at radius 2 is 2.40 bits per heavy atom. The van der Waals surface area contributed by atoms with Crippen molar-refractivity contribution in [2.45, 2.75) is 24.4 Å². The number of ether oxygens (including phenoxy) is 2. The van der Waals surface area contributed by atoms with Crippen LogP contribution in [0.1, 0.15) is 0 Å². The van der Waals surface area contributed by atoms with E-state index in [1.807, 2.05) is 0 Å². The molecule has 0 aromatic rings. The van der Waals surface area contributed by atoms with Crippen molar-refractivity contribution < 1.29 is 14.6 Å². The summed E-state index contributed by atoms with van der Waals surface area (Å²) in [7, 11) is 0. The molecule has 0 radical (unpaired) electrons. The lowest BCUT2D eigenvalue weighted by Gasteiger charge is -1.99. The summed E-state index contributed by atoms with van der Waals surface area (Å²) in [6.45, 7) is 0.691. The second kappa shape index (κ2) is 2.44. The Labute approximate surface area is 67.4 Å². The van der Waals surface area contributed by atoms with E-state index >= 15 is 0 Å². The molecule has 2 saturated heterocycles. The molecule has 2 rings (SSSR count). The van der Waals surface area contributed by atoms with E-state index in [-0.39, 0.29) is 18.3 Å². The molecule has 0 aliphatic carbocycles. The van der Waals surface area contributed by atoms with Crippen LogP contribution in [0.25, 0.3) is 0 Å².